The summed E-state index contributed by atoms with van der Waals surface area (Å²) in [5, 5.41) is 2.77. The molecule has 5 N–H and O–H groups in total. The minimum absolute atomic E-state index is 0. The molecule has 5 heteroatoms. The second kappa shape index (κ2) is 6.44. The number of hydrogen-bond acceptors (Lipinski definition) is 3. The molecule has 0 aliphatic carbocycles. The van der Waals surface area contributed by atoms with Crippen molar-refractivity contribution in [1.29, 1.82) is 0 Å². The molecule has 0 spiro atoms. The van der Waals surface area contributed by atoms with Crippen LogP contribution in [0.5, 0.6) is 0 Å². The van der Waals surface area contributed by atoms with Crippen molar-refractivity contribution < 1.29 is 4.79 Å². The monoisotopic (exact) mass is 251 g/mol. The van der Waals surface area contributed by atoms with Gasteiger partial charge in [0.25, 0.3) is 5.91 Å². The number of hydrogen-bond donors (Lipinski definition) is 3. The summed E-state index contributed by atoms with van der Waals surface area (Å²) in [6, 6.07) is 13.7. The van der Waals surface area contributed by atoms with Crippen molar-refractivity contribution in [2.24, 2.45) is 0 Å². The molecule has 2 aromatic carbocycles. The standard InChI is InChI=1S/C13H13N3O.Na.H/c14-10-3-1-9(2-4-10)13(17)16-12-7-5-11(15)6-8-12;;/h1-8H,14-15H2,(H,16,17);;. The fourth-order valence-electron chi connectivity index (χ4n) is 1.40. The number of nitrogens with two attached hydrogens (primary N) is 2. The molecule has 2 aromatic rings. The van der Waals surface area contributed by atoms with E-state index in [2.05, 4.69) is 5.32 Å². The summed E-state index contributed by atoms with van der Waals surface area (Å²) in [6.07, 6.45) is 0. The summed E-state index contributed by atoms with van der Waals surface area (Å²) in [7, 11) is 0. The number of nitrogens with one attached hydrogen (secondary N) is 1. The van der Waals surface area contributed by atoms with E-state index >= 15 is 0 Å². The van der Waals surface area contributed by atoms with Gasteiger partial charge in [-0.3, -0.25) is 4.79 Å². The van der Waals surface area contributed by atoms with E-state index in [1.54, 1.807) is 48.5 Å². The van der Waals surface area contributed by atoms with E-state index in [0.717, 1.165) is 0 Å². The van der Waals surface area contributed by atoms with Crippen LogP contribution in [0.1, 0.15) is 10.4 Å². The molecule has 0 aliphatic rings. The van der Waals surface area contributed by atoms with Crippen LogP contribution in [0.4, 0.5) is 17.1 Å². The van der Waals surface area contributed by atoms with Crippen LogP contribution in [-0.2, 0) is 0 Å². The summed E-state index contributed by atoms with van der Waals surface area (Å²) in [6.45, 7) is 0. The number of amides is 1. The molecule has 0 atom stereocenters. The average Bonchev–Trinajstić information content (AvgIpc) is 2.33. The molecule has 0 saturated heterocycles. The molecule has 18 heavy (non-hydrogen) atoms. The van der Waals surface area contributed by atoms with Gasteiger partial charge in [0.05, 0.1) is 0 Å². The van der Waals surface area contributed by atoms with E-state index < -0.39 is 0 Å². The molecule has 4 nitrogen and oxygen atoms in total. The number of benzene rings is 2. The van der Waals surface area contributed by atoms with Gasteiger partial charge < -0.3 is 16.8 Å². The fourth-order valence-corrected chi connectivity index (χ4v) is 1.40. The van der Waals surface area contributed by atoms with Crippen molar-refractivity contribution in [3.8, 4) is 0 Å². The van der Waals surface area contributed by atoms with Crippen molar-refractivity contribution in [3.63, 3.8) is 0 Å². The minimum atomic E-state index is -0.172. The molecule has 88 valence electrons. The third kappa shape index (κ3) is 3.77. The molecule has 0 aromatic heterocycles. The van der Waals surface area contributed by atoms with Gasteiger partial charge in [-0.2, -0.15) is 0 Å². The zero-order valence-corrected chi connectivity index (χ0v) is 9.18. The predicted molar refractivity (Wildman–Crippen MR) is 76.8 cm³/mol. The first-order valence-corrected chi connectivity index (χ1v) is 5.17. The van der Waals surface area contributed by atoms with Crippen molar-refractivity contribution in [2.45, 2.75) is 0 Å². The Kier molecular flexibility index (Phi) is 5.22. The van der Waals surface area contributed by atoms with Crippen LogP contribution in [0.25, 0.3) is 0 Å². The van der Waals surface area contributed by atoms with Crippen LogP contribution < -0.4 is 16.8 Å². The summed E-state index contributed by atoms with van der Waals surface area (Å²) in [5.74, 6) is -0.172. The van der Waals surface area contributed by atoms with Gasteiger partial charge >= 0.3 is 29.6 Å². The van der Waals surface area contributed by atoms with E-state index in [9.17, 15) is 4.79 Å². The first-order chi connectivity index (χ1) is 8.15. The molecule has 0 radical (unpaired) electrons. The van der Waals surface area contributed by atoms with Crippen LogP contribution >= 0.6 is 0 Å². The van der Waals surface area contributed by atoms with Crippen LogP contribution in [0, 0.1) is 0 Å². The summed E-state index contributed by atoms with van der Waals surface area (Å²) >= 11 is 0. The molecule has 0 aliphatic heterocycles. The SMILES string of the molecule is Nc1ccc(NC(=O)c2ccc(N)cc2)cc1.[NaH]. The van der Waals surface area contributed by atoms with Crippen LogP contribution in [0.15, 0.2) is 48.5 Å². The Hall–Kier alpha value is -1.49. The van der Waals surface area contributed by atoms with Crippen molar-refractivity contribution in [2.75, 3.05) is 16.8 Å². The van der Waals surface area contributed by atoms with E-state index in [4.69, 9.17) is 11.5 Å². The van der Waals surface area contributed by atoms with Crippen LogP contribution in [0.2, 0.25) is 0 Å². The van der Waals surface area contributed by atoms with Gasteiger partial charge in [0, 0.05) is 22.6 Å². The van der Waals surface area contributed by atoms with Gasteiger partial charge in [0.2, 0.25) is 0 Å². The normalized spacial score (nSPS) is 9.33. The Labute approximate surface area is 128 Å². The summed E-state index contributed by atoms with van der Waals surface area (Å²) < 4.78 is 0. The van der Waals surface area contributed by atoms with Gasteiger partial charge in [-0.25, -0.2) is 0 Å². The maximum absolute atomic E-state index is 11.8. The Morgan fingerprint density at radius 1 is 0.833 bits per heavy atom. The second-order valence-electron chi connectivity index (χ2n) is 3.70. The van der Waals surface area contributed by atoms with E-state index in [-0.39, 0.29) is 35.5 Å². The number of rotatable bonds is 2. The molecular weight excluding hydrogens is 237 g/mol. The van der Waals surface area contributed by atoms with Gasteiger partial charge in [-0.05, 0) is 48.5 Å². The Balaban J connectivity index is 0.00000162. The van der Waals surface area contributed by atoms with Crippen molar-refractivity contribution in [3.05, 3.63) is 54.1 Å². The zero-order chi connectivity index (χ0) is 12.3. The molecule has 2 rings (SSSR count). The number of nitrogen functional groups attached to an aromatic ring is 2. The molecule has 0 heterocycles. The van der Waals surface area contributed by atoms with Gasteiger partial charge in [-0.15, -0.1) is 0 Å². The predicted octanol–water partition coefficient (Wildman–Crippen LogP) is 1.45. The second-order valence-corrected chi connectivity index (χ2v) is 3.70. The quantitative estimate of drug-likeness (QED) is 0.558. The van der Waals surface area contributed by atoms with E-state index in [0.29, 0.717) is 22.6 Å². The number of carbonyl (C=O) groups excluding carboxylic acids is 1. The van der Waals surface area contributed by atoms with E-state index in [1.165, 1.54) is 0 Å². The van der Waals surface area contributed by atoms with E-state index in [1.807, 2.05) is 0 Å². The van der Waals surface area contributed by atoms with Crippen LogP contribution in [-0.4, -0.2) is 35.5 Å². The molecule has 0 unspecified atom stereocenters. The molecule has 0 saturated carbocycles. The number of carbonyl (C=O) groups is 1. The first kappa shape index (κ1) is 14.6. The Morgan fingerprint density at radius 2 is 1.28 bits per heavy atom. The van der Waals surface area contributed by atoms with Gasteiger partial charge in [-0.1, -0.05) is 0 Å². The van der Waals surface area contributed by atoms with Crippen LogP contribution in [0.3, 0.4) is 0 Å². The molecular formula is C13H14N3NaO. The maximum atomic E-state index is 11.8. The Bertz CT molecular complexity index is 523. The zero-order valence-electron chi connectivity index (χ0n) is 9.18. The average molecular weight is 251 g/mol. The fraction of sp³-hybridized carbons (Fsp3) is 0. The summed E-state index contributed by atoms with van der Waals surface area (Å²) in [5.41, 5.74) is 13.7. The van der Waals surface area contributed by atoms with Crippen molar-refractivity contribution in [1.82, 2.24) is 0 Å². The Morgan fingerprint density at radius 3 is 1.78 bits per heavy atom. The number of anilines is 3. The first-order valence-electron chi connectivity index (χ1n) is 5.17. The molecule has 0 fully saturated rings. The topological polar surface area (TPSA) is 81.1 Å². The molecule has 0 bridgehead atoms. The summed E-state index contributed by atoms with van der Waals surface area (Å²) in [4.78, 5) is 11.8. The van der Waals surface area contributed by atoms with Crippen molar-refractivity contribution >= 4 is 52.5 Å². The molecule has 1 amide bonds. The third-order valence-corrected chi connectivity index (χ3v) is 2.34. The van der Waals surface area contributed by atoms with Gasteiger partial charge in [0.1, 0.15) is 0 Å². The van der Waals surface area contributed by atoms with Gasteiger partial charge in [0.15, 0.2) is 0 Å². The third-order valence-electron chi connectivity index (χ3n) is 2.34.